The van der Waals surface area contributed by atoms with E-state index in [9.17, 15) is 14.9 Å². The summed E-state index contributed by atoms with van der Waals surface area (Å²) >= 11 is 5.80. The third-order valence-corrected chi connectivity index (χ3v) is 2.72. The maximum atomic E-state index is 11.3. The maximum Gasteiger partial charge on any atom is 0.327 e. The van der Waals surface area contributed by atoms with Crippen LogP contribution in [0.25, 0.3) is 0 Å². The SMILES string of the molecule is COC(=O)C(C)Nc1cc(Cl)c([N+](=O)[O-])cc1C. The molecule has 1 N–H and O–H groups in total. The third kappa shape index (κ3) is 3.10. The van der Waals surface area contributed by atoms with Gasteiger partial charge in [0.05, 0.1) is 12.0 Å². The zero-order chi connectivity index (χ0) is 13.9. The van der Waals surface area contributed by atoms with Crippen molar-refractivity contribution < 1.29 is 14.5 Å². The summed E-state index contributed by atoms with van der Waals surface area (Å²) in [6.45, 7) is 3.32. The Kier molecular flexibility index (Phi) is 4.49. The minimum Gasteiger partial charge on any atom is -0.467 e. The van der Waals surface area contributed by atoms with Crippen LogP contribution in [0.15, 0.2) is 12.1 Å². The van der Waals surface area contributed by atoms with E-state index in [2.05, 4.69) is 10.1 Å². The zero-order valence-corrected chi connectivity index (χ0v) is 10.9. The molecule has 1 rings (SSSR count). The van der Waals surface area contributed by atoms with Crippen molar-refractivity contribution in [1.82, 2.24) is 0 Å². The van der Waals surface area contributed by atoms with Gasteiger partial charge in [-0.05, 0) is 25.5 Å². The average Bonchev–Trinajstić information content (AvgIpc) is 2.31. The van der Waals surface area contributed by atoms with Gasteiger partial charge in [-0.1, -0.05) is 11.6 Å². The van der Waals surface area contributed by atoms with Crippen LogP contribution in [0.5, 0.6) is 0 Å². The molecule has 18 heavy (non-hydrogen) atoms. The topological polar surface area (TPSA) is 81.5 Å². The fourth-order valence-corrected chi connectivity index (χ4v) is 1.66. The van der Waals surface area contributed by atoms with Gasteiger partial charge >= 0.3 is 5.97 Å². The van der Waals surface area contributed by atoms with E-state index in [1.54, 1.807) is 13.8 Å². The van der Waals surface area contributed by atoms with E-state index in [-0.39, 0.29) is 10.7 Å². The van der Waals surface area contributed by atoms with Crippen molar-refractivity contribution in [2.45, 2.75) is 19.9 Å². The number of anilines is 1. The van der Waals surface area contributed by atoms with Gasteiger partial charge in [0.2, 0.25) is 0 Å². The molecule has 0 amide bonds. The molecule has 0 saturated heterocycles. The molecule has 0 heterocycles. The fraction of sp³-hybridized carbons (Fsp3) is 0.364. The maximum absolute atomic E-state index is 11.3. The van der Waals surface area contributed by atoms with Gasteiger partial charge in [-0.25, -0.2) is 4.79 Å². The number of nitrogens with zero attached hydrogens (tertiary/aromatic N) is 1. The van der Waals surface area contributed by atoms with E-state index in [1.807, 2.05) is 0 Å². The molecule has 0 aliphatic heterocycles. The van der Waals surface area contributed by atoms with Gasteiger partial charge in [0, 0.05) is 11.8 Å². The summed E-state index contributed by atoms with van der Waals surface area (Å²) in [5, 5.41) is 13.6. The molecule has 0 fully saturated rings. The highest BCUT2D eigenvalue weighted by molar-refractivity contribution is 6.33. The van der Waals surface area contributed by atoms with Gasteiger partial charge < -0.3 is 10.1 Å². The molecule has 1 aromatic rings. The number of carbonyl (C=O) groups excluding carboxylic acids is 1. The third-order valence-electron chi connectivity index (χ3n) is 2.42. The van der Waals surface area contributed by atoms with Crippen LogP contribution >= 0.6 is 11.6 Å². The molecule has 0 spiro atoms. The second-order valence-electron chi connectivity index (χ2n) is 3.76. The number of halogens is 1. The lowest BCUT2D eigenvalue weighted by Crippen LogP contribution is -2.27. The monoisotopic (exact) mass is 272 g/mol. The number of esters is 1. The molecule has 1 atom stereocenters. The Bertz CT molecular complexity index is 490. The fourth-order valence-electron chi connectivity index (χ4n) is 1.43. The van der Waals surface area contributed by atoms with Crippen LogP contribution in [0, 0.1) is 17.0 Å². The van der Waals surface area contributed by atoms with Crippen molar-refractivity contribution in [2.75, 3.05) is 12.4 Å². The molecule has 6 nitrogen and oxygen atoms in total. The Balaban J connectivity index is 3.02. The molecule has 98 valence electrons. The van der Waals surface area contributed by atoms with E-state index < -0.39 is 16.9 Å². The number of aryl methyl sites for hydroxylation is 1. The molecule has 1 unspecified atom stereocenters. The van der Waals surface area contributed by atoms with Crippen LogP contribution in [-0.2, 0) is 9.53 Å². The summed E-state index contributed by atoms with van der Waals surface area (Å²) in [7, 11) is 1.29. The molecule has 0 radical (unpaired) electrons. The molecular formula is C11H13ClN2O4. The van der Waals surface area contributed by atoms with Crippen LogP contribution in [0.1, 0.15) is 12.5 Å². The predicted octanol–water partition coefficient (Wildman–Crippen LogP) is 2.53. The van der Waals surface area contributed by atoms with Crippen LogP contribution in [0.4, 0.5) is 11.4 Å². The van der Waals surface area contributed by atoms with Crippen LogP contribution in [0.2, 0.25) is 5.02 Å². The van der Waals surface area contributed by atoms with E-state index in [4.69, 9.17) is 11.6 Å². The number of nitro groups is 1. The van der Waals surface area contributed by atoms with Crippen LogP contribution in [-0.4, -0.2) is 24.0 Å². The summed E-state index contributed by atoms with van der Waals surface area (Å²) in [4.78, 5) is 21.4. The lowest BCUT2D eigenvalue weighted by molar-refractivity contribution is -0.384. The average molecular weight is 273 g/mol. The molecule has 0 aromatic heterocycles. The minimum absolute atomic E-state index is 0.0187. The molecule has 7 heteroatoms. The van der Waals surface area contributed by atoms with Gasteiger partial charge in [0.25, 0.3) is 5.69 Å². The van der Waals surface area contributed by atoms with Crippen molar-refractivity contribution in [3.8, 4) is 0 Å². The summed E-state index contributed by atoms with van der Waals surface area (Å²) in [6.07, 6.45) is 0. The lowest BCUT2D eigenvalue weighted by Gasteiger charge is -2.15. The zero-order valence-electron chi connectivity index (χ0n) is 10.2. The molecule has 0 aliphatic carbocycles. The quantitative estimate of drug-likeness (QED) is 0.517. The summed E-state index contributed by atoms with van der Waals surface area (Å²) in [5.74, 6) is -0.427. The van der Waals surface area contributed by atoms with E-state index in [0.29, 0.717) is 11.3 Å². The first-order chi connectivity index (χ1) is 8.36. The molecular weight excluding hydrogens is 260 g/mol. The van der Waals surface area contributed by atoms with Crippen molar-refractivity contribution in [3.63, 3.8) is 0 Å². The Morgan fingerprint density at radius 2 is 2.17 bits per heavy atom. The Hall–Kier alpha value is -1.82. The van der Waals surface area contributed by atoms with E-state index in [1.165, 1.54) is 19.2 Å². The molecule has 1 aromatic carbocycles. The predicted molar refractivity (Wildman–Crippen MR) is 67.9 cm³/mol. The van der Waals surface area contributed by atoms with E-state index >= 15 is 0 Å². The summed E-state index contributed by atoms with van der Waals surface area (Å²) in [5.41, 5.74) is 1.02. The minimum atomic E-state index is -0.564. The standard InChI is InChI=1S/C11H13ClN2O4/c1-6-4-10(14(16)17)8(12)5-9(6)13-7(2)11(15)18-3/h4-5,7,13H,1-3H3. The van der Waals surface area contributed by atoms with Gasteiger partial charge in [0.1, 0.15) is 11.1 Å². The van der Waals surface area contributed by atoms with E-state index in [0.717, 1.165) is 0 Å². The first kappa shape index (κ1) is 14.2. The number of nitro benzene ring substituents is 1. The number of methoxy groups -OCH3 is 1. The first-order valence-corrected chi connectivity index (χ1v) is 5.53. The summed E-state index contributed by atoms with van der Waals surface area (Å²) in [6, 6.07) is 2.22. The Morgan fingerprint density at radius 3 is 2.67 bits per heavy atom. The number of hydrogen-bond acceptors (Lipinski definition) is 5. The lowest BCUT2D eigenvalue weighted by atomic mass is 10.1. The van der Waals surface area contributed by atoms with Gasteiger partial charge in [-0.3, -0.25) is 10.1 Å². The second-order valence-corrected chi connectivity index (χ2v) is 4.17. The Morgan fingerprint density at radius 1 is 1.56 bits per heavy atom. The number of benzene rings is 1. The number of nitrogens with one attached hydrogen (secondary N) is 1. The van der Waals surface area contributed by atoms with Crippen molar-refractivity contribution in [2.24, 2.45) is 0 Å². The van der Waals surface area contributed by atoms with Gasteiger partial charge in [0.15, 0.2) is 0 Å². The van der Waals surface area contributed by atoms with Crippen LogP contribution < -0.4 is 5.32 Å². The summed E-state index contributed by atoms with van der Waals surface area (Å²) < 4.78 is 4.57. The van der Waals surface area contributed by atoms with Gasteiger partial charge in [-0.2, -0.15) is 0 Å². The number of hydrogen-bond donors (Lipinski definition) is 1. The number of rotatable bonds is 4. The number of carbonyl (C=O) groups is 1. The molecule has 0 saturated carbocycles. The highest BCUT2D eigenvalue weighted by atomic mass is 35.5. The van der Waals surface area contributed by atoms with Crippen molar-refractivity contribution >= 4 is 28.9 Å². The van der Waals surface area contributed by atoms with Crippen molar-refractivity contribution in [1.29, 1.82) is 0 Å². The highest BCUT2D eigenvalue weighted by Crippen LogP contribution is 2.30. The van der Waals surface area contributed by atoms with Crippen LogP contribution in [0.3, 0.4) is 0 Å². The van der Waals surface area contributed by atoms with Crippen molar-refractivity contribution in [3.05, 3.63) is 32.8 Å². The Labute approximate surface area is 109 Å². The van der Waals surface area contributed by atoms with Gasteiger partial charge in [-0.15, -0.1) is 0 Å². The first-order valence-electron chi connectivity index (χ1n) is 5.15. The normalized spacial score (nSPS) is 11.8. The second kappa shape index (κ2) is 5.68. The highest BCUT2D eigenvalue weighted by Gasteiger charge is 2.18. The molecule has 0 bridgehead atoms. The number of ether oxygens (including phenoxy) is 1. The smallest absolute Gasteiger partial charge is 0.327 e. The largest absolute Gasteiger partial charge is 0.467 e. The molecule has 0 aliphatic rings.